The Balaban J connectivity index is 1.77. The van der Waals surface area contributed by atoms with Gasteiger partial charge >= 0.3 is 0 Å². The van der Waals surface area contributed by atoms with Gasteiger partial charge in [-0.3, -0.25) is 9.59 Å². The molecule has 3 aromatic rings. The lowest BCUT2D eigenvalue weighted by atomic mass is 10.1. The molecule has 0 aliphatic heterocycles. The molecule has 0 spiro atoms. The Morgan fingerprint density at radius 2 is 1.43 bits per heavy atom. The first-order valence-corrected chi connectivity index (χ1v) is 9.00. The van der Waals surface area contributed by atoms with E-state index in [2.05, 4.69) is 10.6 Å². The summed E-state index contributed by atoms with van der Waals surface area (Å²) in [5.41, 5.74) is 1.98. The van der Waals surface area contributed by atoms with E-state index in [-0.39, 0.29) is 18.4 Å². The maximum Gasteiger partial charge on any atom is 0.251 e. The third-order valence-corrected chi connectivity index (χ3v) is 4.34. The predicted molar refractivity (Wildman–Crippen MR) is 108 cm³/mol. The zero-order chi connectivity index (χ0) is 19.8. The molecule has 0 aromatic heterocycles. The van der Waals surface area contributed by atoms with Gasteiger partial charge < -0.3 is 15.4 Å². The van der Waals surface area contributed by atoms with Gasteiger partial charge in [-0.05, 0) is 42.0 Å². The second kappa shape index (κ2) is 9.37. The summed E-state index contributed by atoms with van der Waals surface area (Å²) in [4.78, 5) is 25.1. The molecular formula is C23H22N2O3. The molecule has 3 aromatic carbocycles. The van der Waals surface area contributed by atoms with E-state index in [1.807, 2.05) is 60.7 Å². The summed E-state index contributed by atoms with van der Waals surface area (Å²) in [6, 6.07) is 25.0. The average Bonchev–Trinajstić information content (AvgIpc) is 2.77. The topological polar surface area (TPSA) is 67.4 Å². The largest absolute Gasteiger partial charge is 0.497 e. The van der Waals surface area contributed by atoms with Crippen LogP contribution in [0.5, 0.6) is 5.75 Å². The normalized spacial score (nSPS) is 11.3. The number of rotatable bonds is 7. The third kappa shape index (κ3) is 4.98. The molecule has 0 heterocycles. The monoisotopic (exact) mass is 374 g/mol. The molecule has 1 atom stereocenters. The Morgan fingerprint density at radius 1 is 0.821 bits per heavy atom. The molecule has 0 aliphatic rings. The number of hydrogen-bond donors (Lipinski definition) is 2. The second-order valence-corrected chi connectivity index (χ2v) is 6.24. The van der Waals surface area contributed by atoms with Crippen molar-refractivity contribution in [2.24, 2.45) is 0 Å². The van der Waals surface area contributed by atoms with Gasteiger partial charge in [0, 0.05) is 17.7 Å². The van der Waals surface area contributed by atoms with Crippen molar-refractivity contribution in [1.29, 1.82) is 0 Å². The molecule has 3 rings (SSSR count). The molecule has 0 aliphatic carbocycles. The van der Waals surface area contributed by atoms with E-state index >= 15 is 0 Å². The Morgan fingerprint density at radius 3 is 2.04 bits per heavy atom. The maximum absolute atomic E-state index is 12.6. The highest BCUT2D eigenvalue weighted by atomic mass is 16.5. The first-order chi connectivity index (χ1) is 13.7. The summed E-state index contributed by atoms with van der Waals surface area (Å²) < 4.78 is 5.29. The first-order valence-electron chi connectivity index (χ1n) is 9.00. The van der Waals surface area contributed by atoms with E-state index in [4.69, 9.17) is 4.74 Å². The van der Waals surface area contributed by atoms with Crippen molar-refractivity contribution in [1.82, 2.24) is 10.6 Å². The van der Waals surface area contributed by atoms with Crippen LogP contribution in [0.15, 0.2) is 84.9 Å². The van der Waals surface area contributed by atoms with E-state index in [0.29, 0.717) is 16.9 Å². The molecule has 28 heavy (non-hydrogen) atoms. The summed E-state index contributed by atoms with van der Waals surface area (Å²) in [5.74, 6) is 0.288. The van der Waals surface area contributed by atoms with E-state index in [1.54, 1.807) is 31.4 Å². The lowest BCUT2D eigenvalue weighted by Gasteiger charge is -2.20. The standard InChI is InChI=1S/C23H22N2O3/c1-28-20-14-8-13-19(15-20)21(25-23(27)18-11-6-3-7-12-18)16-24-22(26)17-9-4-2-5-10-17/h2-15,21H,16H2,1H3,(H,24,26)(H,25,27). The van der Waals surface area contributed by atoms with Crippen LogP contribution in [0.1, 0.15) is 32.3 Å². The SMILES string of the molecule is COc1cccc(C(CNC(=O)c2ccccc2)NC(=O)c2ccccc2)c1. The van der Waals surface area contributed by atoms with Crippen molar-refractivity contribution in [2.45, 2.75) is 6.04 Å². The van der Waals surface area contributed by atoms with Crippen molar-refractivity contribution < 1.29 is 14.3 Å². The predicted octanol–water partition coefficient (Wildman–Crippen LogP) is 3.60. The fraction of sp³-hybridized carbons (Fsp3) is 0.130. The second-order valence-electron chi connectivity index (χ2n) is 6.24. The van der Waals surface area contributed by atoms with Crippen LogP contribution in [0.3, 0.4) is 0 Å². The molecule has 0 fully saturated rings. The Labute approximate surface area is 164 Å². The molecule has 0 saturated heterocycles. The molecule has 142 valence electrons. The summed E-state index contributed by atoms with van der Waals surface area (Å²) in [7, 11) is 1.59. The lowest BCUT2D eigenvalue weighted by molar-refractivity contribution is 0.0908. The molecule has 2 N–H and O–H groups in total. The number of amides is 2. The highest BCUT2D eigenvalue weighted by molar-refractivity contribution is 5.95. The van der Waals surface area contributed by atoms with E-state index in [0.717, 1.165) is 5.56 Å². The quantitative estimate of drug-likeness (QED) is 0.664. The van der Waals surface area contributed by atoms with Crippen LogP contribution in [0.2, 0.25) is 0 Å². The fourth-order valence-corrected chi connectivity index (χ4v) is 2.83. The van der Waals surface area contributed by atoms with Crippen molar-refractivity contribution in [3.05, 3.63) is 102 Å². The van der Waals surface area contributed by atoms with Crippen molar-refractivity contribution in [3.63, 3.8) is 0 Å². The van der Waals surface area contributed by atoms with Gasteiger partial charge in [-0.2, -0.15) is 0 Å². The Bertz CT molecular complexity index is 927. The van der Waals surface area contributed by atoms with Crippen LogP contribution in [-0.4, -0.2) is 25.5 Å². The van der Waals surface area contributed by atoms with Gasteiger partial charge in [0.15, 0.2) is 0 Å². The molecule has 2 amide bonds. The summed E-state index contributed by atoms with van der Waals surface area (Å²) >= 11 is 0. The zero-order valence-electron chi connectivity index (χ0n) is 15.6. The third-order valence-electron chi connectivity index (χ3n) is 4.34. The molecule has 5 nitrogen and oxygen atoms in total. The van der Waals surface area contributed by atoms with Crippen molar-refractivity contribution in [3.8, 4) is 5.75 Å². The van der Waals surface area contributed by atoms with Gasteiger partial charge in [-0.1, -0.05) is 48.5 Å². The number of methoxy groups -OCH3 is 1. The van der Waals surface area contributed by atoms with Gasteiger partial charge in [0.1, 0.15) is 5.75 Å². The van der Waals surface area contributed by atoms with Crippen LogP contribution in [0.4, 0.5) is 0 Å². The minimum atomic E-state index is -0.407. The molecule has 0 radical (unpaired) electrons. The number of hydrogen-bond acceptors (Lipinski definition) is 3. The number of nitrogens with one attached hydrogen (secondary N) is 2. The van der Waals surface area contributed by atoms with Gasteiger partial charge in [-0.15, -0.1) is 0 Å². The first kappa shape index (κ1) is 19.2. The molecular weight excluding hydrogens is 352 g/mol. The van der Waals surface area contributed by atoms with Crippen LogP contribution in [0.25, 0.3) is 0 Å². The lowest BCUT2D eigenvalue weighted by Crippen LogP contribution is -2.38. The Hall–Kier alpha value is -3.60. The van der Waals surface area contributed by atoms with Crippen LogP contribution < -0.4 is 15.4 Å². The fourth-order valence-electron chi connectivity index (χ4n) is 2.83. The van der Waals surface area contributed by atoms with Gasteiger partial charge in [0.2, 0.25) is 0 Å². The van der Waals surface area contributed by atoms with E-state index < -0.39 is 6.04 Å². The molecule has 0 saturated carbocycles. The number of carbonyl (C=O) groups excluding carboxylic acids is 2. The van der Waals surface area contributed by atoms with Gasteiger partial charge in [-0.25, -0.2) is 0 Å². The summed E-state index contributed by atoms with van der Waals surface area (Å²) in [6.07, 6.45) is 0. The average molecular weight is 374 g/mol. The van der Waals surface area contributed by atoms with E-state index in [9.17, 15) is 9.59 Å². The number of ether oxygens (including phenoxy) is 1. The summed E-state index contributed by atoms with van der Waals surface area (Å²) in [6.45, 7) is 0.249. The number of carbonyl (C=O) groups is 2. The van der Waals surface area contributed by atoms with E-state index in [1.165, 1.54) is 0 Å². The van der Waals surface area contributed by atoms with Crippen molar-refractivity contribution in [2.75, 3.05) is 13.7 Å². The van der Waals surface area contributed by atoms with Gasteiger partial charge in [0.05, 0.1) is 13.2 Å². The molecule has 1 unspecified atom stereocenters. The zero-order valence-corrected chi connectivity index (χ0v) is 15.6. The van der Waals surface area contributed by atoms with Gasteiger partial charge in [0.25, 0.3) is 11.8 Å². The molecule has 0 bridgehead atoms. The summed E-state index contributed by atoms with van der Waals surface area (Å²) in [5, 5.41) is 5.90. The van der Waals surface area contributed by atoms with Crippen LogP contribution in [0, 0.1) is 0 Å². The number of benzene rings is 3. The smallest absolute Gasteiger partial charge is 0.251 e. The maximum atomic E-state index is 12.6. The van der Waals surface area contributed by atoms with Crippen LogP contribution in [-0.2, 0) is 0 Å². The van der Waals surface area contributed by atoms with Crippen LogP contribution >= 0.6 is 0 Å². The highest BCUT2D eigenvalue weighted by Crippen LogP contribution is 2.19. The minimum absolute atomic E-state index is 0.192. The minimum Gasteiger partial charge on any atom is -0.497 e. The Kier molecular flexibility index (Phi) is 6.41. The van der Waals surface area contributed by atoms with Crippen molar-refractivity contribution >= 4 is 11.8 Å². The highest BCUT2D eigenvalue weighted by Gasteiger charge is 2.18. The molecule has 5 heteroatoms.